The van der Waals surface area contributed by atoms with Gasteiger partial charge in [0.15, 0.2) is 0 Å². The fourth-order valence-corrected chi connectivity index (χ4v) is 2.62. The predicted octanol–water partition coefficient (Wildman–Crippen LogP) is 2.37. The lowest BCUT2D eigenvalue weighted by molar-refractivity contribution is 0.582. The molecule has 0 aliphatic carbocycles. The van der Waals surface area contributed by atoms with E-state index in [1.807, 2.05) is 6.07 Å². The van der Waals surface area contributed by atoms with Gasteiger partial charge in [-0.2, -0.15) is 5.10 Å². The van der Waals surface area contributed by atoms with E-state index in [-0.39, 0.29) is 0 Å². The molecule has 0 spiro atoms. The molecule has 1 unspecified atom stereocenters. The van der Waals surface area contributed by atoms with E-state index in [1.54, 1.807) is 0 Å². The number of halogens is 1. The molecule has 0 saturated carbocycles. The average molecular weight is 236 g/mol. The van der Waals surface area contributed by atoms with Gasteiger partial charge in [-0.15, -0.1) is 0 Å². The summed E-state index contributed by atoms with van der Waals surface area (Å²) in [5, 5.41) is 12.2. The number of H-pyrrole nitrogens is 1. The lowest BCUT2D eigenvalue weighted by Gasteiger charge is -2.08. The fourth-order valence-electron chi connectivity index (χ4n) is 2.43. The third kappa shape index (κ3) is 1.70. The van der Waals surface area contributed by atoms with Crippen LogP contribution in [0.25, 0.3) is 10.9 Å². The maximum atomic E-state index is 6.03. The number of benzene rings is 1. The maximum absolute atomic E-state index is 6.03. The molecule has 3 nitrogen and oxygen atoms in total. The van der Waals surface area contributed by atoms with Crippen LogP contribution in [0.4, 0.5) is 0 Å². The van der Waals surface area contributed by atoms with Crippen molar-refractivity contribution in [2.45, 2.75) is 12.8 Å². The van der Waals surface area contributed by atoms with Gasteiger partial charge in [-0.1, -0.05) is 23.7 Å². The molecule has 0 amide bonds. The summed E-state index contributed by atoms with van der Waals surface area (Å²) >= 11 is 6.03. The highest BCUT2D eigenvalue weighted by molar-refractivity contribution is 6.34. The molecule has 84 valence electrons. The van der Waals surface area contributed by atoms with Crippen LogP contribution in [0.15, 0.2) is 18.2 Å². The van der Waals surface area contributed by atoms with Gasteiger partial charge in [0.25, 0.3) is 0 Å². The molecule has 0 bridgehead atoms. The van der Waals surface area contributed by atoms with Crippen molar-refractivity contribution in [2.75, 3.05) is 13.1 Å². The van der Waals surface area contributed by atoms with E-state index in [2.05, 4.69) is 27.6 Å². The second-order valence-corrected chi connectivity index (χ2v) is 4.79. The third-order valence-electron chi connectivity index (χ3n) is 3.29. The second-order valence-electron chi connectivity index (χ2n) is 4.41. The molecule has 2 N–H and O–H groups in total. The highest BCUT2D eigenvalue weighted by Crippen LogP contribution is 2.25. The molecule has 1 fully saturated rings. The minimum atomic E-state index is 0.640. The topological polar surface area (TPSA) is 40.7 Å². The molecule has 0 radical (unpaired) electrons. The minimum Gasteiger partial charge on any atom is -0.316 e. The molecule has 2 aromatic rings. The number of aromatic amines is 1. The Morgan fingerprint density at radius 3 is 3.19 bits per heavy atom. The van der Waals surface area contributed by atoms with Gasteiger partial charge in [-0.3, -0.25) is 5.10 Å². The SMILES string of the molecule is Clc1[nH]nc2c(CC3CCNC3)cccc12. The Kier molecular flexibility index (Phi) is 2.58. The van der Waals surface area contributed by atoms with Gasteiger partial charge in [0, 0.05) is 5.39 Å². The van der Waals surface area contributed by atoms with Gasteiger partial charge in [0.05, 0.1) is 5.52 Å². The highest BCUT2D eigenvalue weighted by Gasteiger charge is 2.17. The highest BCUT2D eigenvalue weighted by atomic mass is 35.5. The zero-order valence-corrected chi connectivity index (χ0v) is 9.72. The average Bonchev–Trinajstić information content (AvgIpc) is 2.90. The first-order valence-corrected chi connectivity index (χ1v) is 6.04. The normalized spacial score (nSPS) is 20.7. The zero-order valence-electron chi connectivity index (χ0n) is 8.96. The molecular formula is C12H14ClN3. The summed E-state index contributed by atoms with van der Waals surface area (Å²) in [5.74, 6) is 0.737. The Morgan fingerprint density at radius 2 is 2.38 bits per heavy atom. The summed E-state index contributed by atoms with van der Waals surface area (Å²) in [5.41, 5.74) is 2.33. The number of hydrogen-bond donors (Lipinski definition) is 2. The number of fused-ring (bicyclic) bond motifs is 1. The van der Waals surface area contributed by atoms with Crippen LogP contribution in [0.1, 0.15) is 12.0 Å². The van der Waals surface area contributed by atoms with Crippen molar-refractivity contribution in [3.05, 3.63) is 28.9 Å². The standard InChI is InChI=1S/C12H14ClN3/c13-12-10-3-1-2-9(11(10)15-16-12)6-8-4-5-14-7-8/h1-3,8,14H,4-7H2,(H,15,16). The van der Waals surface area contributed by atoms with Crippen molar-refractivity contribution in [1.82, 2.24) is 15.5 Å². The van der Waals surface area contributed by atoms with Crippen LogP contribution in [0.3, 0.4) is 0 Å². The van der Waals surface area contributed by atoms with E-state index in [0.717, 1.165) is 36.3 Å². The third-order valence-corrected chi connectivity index (χ3v) is 3.58. The number of hydrogen-bond acceptors (Lipinski definition) is 2. The number of para-hydroxylation sites is 1. The Bertz CT molecular complexity index is 500. The first kappa shape index (κ1) is 10.1. The second kappa shape index (κ2) is 4.07. The molecule has 3 rings (SSSR count). The molecule has 4 heteroatoms. The van der Waals surface area contributed by atoms with Crippen molar-refractivity contribution in [1.29, 1.82) is 0 Å². The molecule has 1 aliphatic rings. The van der Waals surface area contributed by atoms with E-state index in [1.165, 1.54) is 12.0 Å². The van der Waals surface area contributed by atoms with E-state index in [9.17, 15) is 0 Å². The summed E-state index contributed by atoms with van der Waals surface area (Å²) in [7, 11) is 0. The van der Waals surface area contributed by atoms with Gasteiger partial charge < -0.3 is 5.32 Å². The Hall–Kier alpha value is -1.06. The van der Waals surface area contributed by atoms with Crippen LogP contribution in [0.5, 0.6) is 0 Å². The number of rotatable bonds is 2. The van der Waals surface area contributed by atoms with Gasteiger partial charge >= 0.3 is 0 Å². The van der Waals surface area contributed by atoms with Crippen LogP contribution < -0.4 is 5.32 Å². The molecule has 16 heavy (non-hydrogen) atoms. The molecule has 1 aromatic carbocycles. The summed E-state index contributed by atoms with van der Waals surface area (Å²) < 4.78 is 0. The van der Waals surface area contributed by atoms with E-state index < -0.39 is 0 Å². The van der Waals surface area contributed by atoms with Crippen LogP contribution in [-0.4, -0.2) is 23.3 Å². The van der Waals surface area contributed by atoms with Gasteiger partial charge in [-0.25, -0.2) is 0 Å². The van der Waals surface area contributed by atoms with Crippen molar-refractivity contribution in [3.8, 4) is 0 Å². The smallest absolute Gasteiger partial charge is 0.132 e. The first-order chi connectivity index (χ1) is 7.84. The van der Waals surface area contributed by atoms with Crippen LogP contribution in [0, 0.1) is 5.92 Å². The van der Waals surface area contributed by atoms with E-state index in [4.69, 9.17) is 11.6 Å². The number of nitrogens with zero attached hydrogens (tertiary/aromatic N) is 1. The van der Waals surface area contributed by atoms with Crippen molar-refractivity contribution < 1.29 is 0 Å². The first-order valence-electron chi connectivity index (χ1n) is 5.67. The van der Waals surface area contributed by atoms with Crippen molar-refractivity contribution in [2.24, 2.45) is 5.92 Å². The fraction of sp³-hybridized carbons (Fsp3) is 0.417. The molecule has 2 heterocycles. The van der Waals surface area contributed by atoms with Gasteiger partial charge in [0.1, 0.15) is 5.15 Å². The predicted molar refractivity (Wildman–Crippen MR) is 65.8 cm³/mol. The summed E-state index contributed by atoms with van der Waals surface area (Å²) in [6.07, 6.45) is 2.35. The van der Waals surface area contributed by atoms with Crippen LogP contribution in [0.2, 0.25) is 5.15 Å². The zero-order chi connectivity index (χ0) is 11.0. The summed E-state index contributed by atoms with van der Waals surface area (Å²) in [4.78, 5) is 0. The lowest BCUT2D eigenvalue weighted by Crippen LogP contribution is -2.10. The molecule has 1 aliphatic heterocycles. The number of nitrogens with one attached hydrogen (secondary N) is 2. The Morgan fingerprint density at radius 1 is 1.44 bits per heavy atom. The summed E-state index contributed by atoms with van der Waals surface area (Å²) in [6, 6.07) is 6.22. The van der Waals surface area contributed by atoms with Gasteiger partial charge in [0.2, 0.25) is 0 Å². The number of aromatic nitrogens is 2. The van der Waals surface area contributed by atoms with Crippen molar-refractivity contribution in [3.63, 3.8) is 0 Å². The Balaban J connectivity index is 1.96. The maximum Gasteiger partial charge on any atom is 0.132 e. The largest absolute Gasteiger partial charge is 0.316 e. The monoisotopic (exact) mass is 235 g/mol. The van der Waals surface area contributed by atoms with Crippen LogP contribution in [-0.2, 0) is 6.42 Å². The molecule has 1 aromatic heterocycles. The molecular weight excluding hydrogens is 222 g/mol. The van der Waals surface area contributed by atoms with E-state index >= 15 is 0 Å². The van der Waals surface area contributed by atoms with E-state index in [0.29, 0.717) is 5.15 Å². The molecule has 1 saturated heterocycles. The van der Waals surface area contributed by atoms with Crippen LogP contribution >= 0.6 is 11.6 Å². The lowest BCUT2D eigenvalue weighted by atomic mass is 9.97. The van der Waals surface area contributed by atoms with Gasteiger partial charge in [-0.05, 0) is 43.5 Å². The van der Waals surface area contributed by atoms with Crippen molar-refractivity contribution >= 4 is 22.5 Å². The molecule has 1 atom stereocenters. The summed E-state index contributed by atoms with van der Waals surface area (Å²) in [6.45, 7) is 2.26. The Labute approximate surface area is 99.2 Å². The quantitative estimate of drug-likeness (QED) is 0.839. The minimum absolute atomic E-state index is 0.640.